The van der Waals surface area contributed by atoms with Gasteiger partial charge in [0.05, 0.1) is 11.9 Å². The Morgan fingerprint density at radius 2 is 1.90 bits per heavy atom. The third-order valence-electron chi connectivity index (χ3n) is 2.88. The summed E-state index contributed by atoms with van der Waals surface area (Å²) in [5, 5.41) is 2.80. The van der Waals surface area contributed by atoms with Crippen LogP contribution in [0, 0.1) is 0 Å². The largest absolute Gasteiger partial charge is 0.321 e. The molecule has 0 saturated carbocycles. The summed E-state index contributed by atoms with van der Waals surface area (Å²) in [6, 6.07) is 13.2. The van der Waals surface area contributed by atoms with Gasteiger partial charge >= 0.3 is 0 Å². The number of rotatable bonds is 3. The summed E-state index contributed by atoms with van der Waals surface area (Å²) in [6.07, 6.45) is 6.18. The Morgan fingerprint density at radius 1 is 0.952 bits per heavy atom. The molecule has 0 bridgehead atoms. The van der Waals surface area contributed by atoms with Crippen LogP contribution in [-0.4, -0.2) is 20.9 Å². The van der Waals surface area contributed by atoms with Crippen LogP contribution in [0.1, 0.15) is 10.5 Å². The Labute approximate surface area is 121 Å². The summed E-state index contributed by atoms with van der Waals surface area (Å²) in [4.78, 5) is 24.2. The van der Waals surface area contributed by atoms with Crippen LogP contribution in [0.2, 0.25) is 0 Å². The molecule has 0 aliphatic rings. The fraction of sp³-hybridized carbons (Fsp3) is 0. The molecule has 0 radical (unpaired) electrons. The normalized spacial score (nSPS) is 10.1. The molecule has 1 aromatic carbocycles. The predicted molar refractivity (Wildman–Crippen MR) is 79.7 cm³/mol. The maximum absolute atomic E-state index is 12.0. The zero-order chi connectivity index (χ0) is 14.5. The Balaban J connectivity index is 1.83. The fourth-order valence-electron chi connectivity index (χ4n) is 1.90. The van der Waals surface area contributed by atoms with Gasteiger partial charge in [-0.3, -0.25) is 14.8 Å². The highest BCUT2D eigenvalue weighted by atomic mass is 16.1. The van der Waals surface area contributed by atoms with Crippen molar-refractivity contribution in [1.82, 2.24) is 15.0 Å². The van der Waals surface area contributed by atoms with E-state index in [1.54, 1.807) is 6.20 Å². The maximum atomic E-state index is 12.0. The van der Waals surface area contributed by atoms with Gasteiger partial charge in [0.2, 0.25) is 0 Å². The molecule has 0 spiro atoms. The van der Waals surface area contributed by atoms with Crippen molar-refractivity contribution < 1.29 is 4.79 Å². The molecule has 0 fully saturated rings. The van der Waals surface area contributed by atoms with Gasteiger partial charge in [0.1, 0.15) is 5.69 Å². The molecule has 102 valence electrons. The molecular formula is C16H12N4O. The number of carbonyl (C=O) groups excluding carboxylic acids is 1. The summed E-state index contributed by atoms with van der Waals surface area (Å²) in [5.74, 6) is -0.290. The molecule has 5 nitrogen and oxygen atoms in total. The van der Waals surface area contributed by atoms with Gasteiger partial charge in [-0.05, 0) is 24.3 Å². The van der Waals surface area contributed by atoms with E-state index in [-0.39, 0.29) is 11.6 Å². The molecule has 3 rings (SSSR count). The van der Waals surface area contributed by atoms with E-state index in [0.29, 0.717) is 5.69 Å². The summed E-state index contributed by atoms with van der Waals surface area (Å²) >= 11 is 0. The third kappa shape index (κ3) is 3.09. The summed E-state index contributed by atoms with van der Waals surface area (Å²) < 4.78 is 0. The quantitative estimate of drug-likeness (QED) is 0.798. The molecule has 0 aliphatic heterocycles. The second-order valence-corrected chi connectivity index (χ2v) is 4.34. The average molecular weight is 276 g/mol. The first-order valence-electron chi connectivity index (χ1n) is 6.42. The molecule has 21 heavy (non-hydrogen) atoms. The molecule has 1 amide bonds. The first-order chi connectivity index (χ1) is 10.3. The van der Waals surface area contributed by atoms with Gasteiger partial charge < -0.3 is 5.32 Å². The number of anilines is 1. The molecule has 2 heterocycles. The molecule has 5 heteroatoms. The molecule has 0 aliphatic carbocycles. The molecule has 3 aromatic rings. The number of hydrogen-bond donors (Lipinski definition) is 1. The molecule has 2 aromatic heterocycles. The van der Waals surface area contributed by atoms with E-state index in [0.717, 1.165) is 11.3 Å². The van der Waals surface area contributed by atoms with Crippen molar-refractivity contribution in [2.24, 2.45) is 0 Å². The lowest BCUT2D eigenvalue weighted by Crippen LogP contribution is -2.13. The molecule has 0 atom stereocenters. The smallest absolute Gasteiger partial charge is 0.275 e. The van der Waals surface area contributed by atoms with Crippen LogP contribution in [0.4, 0.5) is 5.69 Å². The number of aromatic nitrogens is 3. The first kappa shape index (κ1) is 12.9. The molecule has 0 saturated heterocycles. The van der Waals surface area contributed by atoms with Crippen molar-refractivity contribution in [3.8, 4) is 11.3 Å². The van der Waals surface area contributed by atoms with Gasteiger partial charge in [-0.25, -0.2) is 4.98 Å². The lowest BCUT2D eigenvalue weighted by atomic mass is 10.1. The van der Waals surface area contributed by atoms with Crippen LogP contribution in [0.25, 0.3) is 11.3 Å². The molecule has 1 N–H and O–H groups in total. The highest BCUT2D eigenvalue weighted by Crippen LogP contribution is 2.20. The van der Waals surface area contributed by atoms with Crippen molar-refractivity contribution in [3.05, 3.63) is 72.9 Å². The van der Waals surface area contributed by atoms with Crippen LogP contribution in [0.15, 0.2) is 67.3 Å². The number of hydrogen-bond acceptors (Lipinski definition) is 4. The van der Waals surface area contributed by atoms with Crippen LogP contribution in [0.3, 0.4) is 0 Å². The van der Waals surface area contributed by atoms with Crippen molar-refractivity contribution in [2.75, 3.05) is 5.32 Å². The number of nitrogens with one attached hydrogen (secondary N) is 1. The highest BCUT2D eigenvalue weighted by Gasteiger charge is 2.08. The second kappa shape index (κ2) is 5.92. The average Bonchev–Trinajstić information content (AvgIpc) is 2.57. The van der Waals surface area contributed by atoms with E-state index >= 15 is 0 Å². The predicted octanol–water partition coefficient (Wildman–Crippen LogP) is 2.79. The van der Waals surface area contributed by atoms with E-state index in [1.807, 2.05) is 42.5 Å². The summed E-state index contributed by atoms with van der Waals surface area (Å²) in [6.45, 7) is 0. The standard InChI is InChI=1S/C16H12N4O/c21-16(15-11-17-8-9-19-15)20-13-5-3-4-12(10-13)14-6-1-2-7-18-14/h1-11H,(H,20,21). The van der Waals surface area contributed by atoms with Crippen LogP contribution in [0.5, 0.6) is 0 Å². The highest BCUT2D eigenvalue weighted by molar-refractivity contribution is 6.02. The molecular weight excluding hydrogens is 264 g/mol. The number of nitrogens with zero attached hydrogens (tertiary/aromatic N) is 3. The minimum Gasteiger partial charge on any atom is -0.321 e. The number of carbonyl (C=O) groups is 1. The van der Waals surface area contributed by atoms with Crippen LogP contribution >= 0.6 is 0 Å². The lowest BCUT2D eigenvalue weighted by Gasteiger charge is -2.06. The Morgan fingerprint density at radius 3 is 2.67 bits per heavy atom. The lowest BCUT2D eigenvalue weighted by molar-refractivity contribution is 0.102. The zero-order valence-corrected chi connectivity index (χ0v) is 11.1. The SMILES string of the molecule is O=C(Nc1cccc(-c2ccccn2)c1)c1cnccn1. The summed E-state index contributed by atoms with van der Waals surface area (Å²) in [7, 11) is 0. The van der Waals surface area contributed by atoms with Gasteiger partial charge in [-0.15, -0.1) is 0 Å². The first-order valence-corrected chi connectivity index (χ1v) is 6.42. The van der Waals surface area contributed by atoms with Crippen LogP contribution < -0.4 is 5.32 Å². The van der Waals surface area contributed by atoms with Gasteiger partial charge in [0.15, 0.2) is 0 Å². The van der Waals surface area contributed by atoms with E-state index in [2.05, 4.69) is 20.3 Å². The zero-order valence-electron chi connectivity index (χ0n) is 11.1. The van der Waals surface area contributed by atoms with Gasteiger partial charge in [-0.2, -0.15) is 0 Å². The van der Waals surface area contributed by atoms with Gasteiger partial charge in [0, 0.05) is 29.8 Å². The van der Waals surface area contributed by atoms with Crippen LogP contribution in [-0.2, 0) is 0 Å². The number of benzene rings is 1. The van der Waals surface area contributed by atoms with Crippen molar-refractivity contribution >= 4 is 11.6 Å². The van der Waals surface area contributed by atoms with Gasteiger partial charge in [0.25, 0.3) is 5.91 Å². The van der Waals surface area contributed by atoms with Crippen molar-refractivity contribution in [3.63, 3.8) is 0 Å². The monoisotopic (exact) mass is 276 g/mol. The van der Waals surface area contributed by atoms with Crippen molar-refractivity contribution in [2.45, 2.75) is 0 Å². The minimum atomic E-state index is -0.290. The Bertz CT molecular complexity index is 744. The summed E-state index contributed by atoms with van der Waals surface area (Å²) in [5.41, 5.74) is 2.76. The third-order valence-corrected chi connectivity index (χ3v) is 2.88. The van der Waals surface area contributed by atoms with E-state index < -0.39 is 0 Å². The van der Waals surface area contributed by atoms with Gasteiger partial charge in [-0.1, -0.05) is 18.2 Å². The van der Waals surface area contributed by atoms with E-state index in [9.17, 15) is 4.79 Å². The Kier molecular flexibility index (Phi) is 3.64. The van der Waals surface area contributed by atoms with E-state index in [1.165, 1.54) is 18.6 Å². The van der Waals surface area contributed by atoms with Crippen molar-refractivity contribution in [1.29, 1.82) is 0 Å². The maximum Gasteiger partial charge on any atom is 0.275 e. The fourth-order valence-corrected chi connectivity index (χ4v) is 1.90. The Hall–Kier alpha value is -3.08. The van der Waals surface area contributed by atoms with E-state index in [4.69, 9.17) is 0 Å². The second-order valence-electron chi connectivity index (χ2n) is 4.34. The number of pyridine rings is 1. The number of amides is 1. The minimum absolute atomic E-state index is 0.278. The topological polar surface area (TPSA) is 67.8 Å². The molecule has 0 unspecified atom stereocenters.